The third-order valence-electron chi connectivity index (χ3n) is 6.29. The third-order valence-corrected chi connectivity index (χ3v) is 6.29. The van der Waals surface area contributed by atoms with Crippen LogP contribution in [0.4, 0.5) is 0 Å². The average molecular weight is 339 g/mol. The number of nitrogens with one attached hydrogen (secondary N) is 2. The first-order valence-corrected chi connectivity index (χ1v) is 10.9. The molecule has 2 rings (SSSR count). The summed E-state index contributed by atoms with van der Waals surface area (Å²) >= 11 is 0. The molecule has 0 aromatic heterocycles. The van der Waals surface area contributed by atoms with Crippen LogP contribution in [0.1, 0.15) is 110 Å². The van der Waals surface area contributed by atoms with Gasteiger partial charge in [0.1, 0.15) is 6.23 Å². The van der Waals surface area contributed by atoms with Crippen molar-refractivity contribution in [2.24, 2.45) is 11.8 Å². The van der Waals surface area contributed by atoms with Crippen LogP contribution in [0.2, 0.25) is 0 Å². The highest BCUT2D eigenvalue weighted by Gasteiger charge is 2.21. The Labute approximate surface area is 150 Å². The highest BCUT2D eigenvalue weighted by atomic mass is 16.3. The molecule has 0 aromatic carbocycles. The minimum Gasteiger partial charge on any atom is -0.377 e. The van der Waals surface area contributed by atoms with Crippen molar-refractivity contribution < 1.29 is 5.11 Å². The van der Waals surface area contributed by atoms with Crippen molar-refractivity contribution in [1.82, 2.24) is 10.9 Å². The van der Waals surface area contributed by atoms with E-state index in [4.69, 9.17) is 0 Å². The normalized spacial score (nSPS) is 30.8. The molecule has 3 N–H and O–H groups in total. The predicted molar refractivity (Wildman–Crippen MR) is 103 cm³/mol. The average Bonchev–Trinajstić information content (AvgIpc) is 2.72. The monoisotopic (exact) mass is 338 g/mol. The van der Waals surface area contributed by atoms with E-state index in [0.717, 1.165) is 5.92 Å². The highest BCUT2D eigenvalue weighted by molar-refractivity contribution is 4.72. The van der Waals surface area contributed by atoms with Gasteiger partial charge >= 0.3 is 0 Å². The lowest BCUT2D eigenvalue weighted by Crippen LogP contribution is -2.49. The lowest BCUT2D eigenvalue weighted by molar-refractivity contribution is 0.0408. The largest absolute Gasteiger partial charge is 0.377 e. The van der Waals surface area contributed by atoms with E-state index in [1.165, 1.54) is 103 Å². The lowest BCUT2D eigenvalue weighted by Gasteiger charge is -2.28. The van der Waals surface area contributed by atoms with Gasteiger partial charge in [0.15, 0.2) is 0 Å². The summed E-state index contributed by atoms with van der Waals surface area (Å²) in [5, 5.41) is 10.7. The Morgan fingerprint density at radius 1 is 0.667 bits per heavy atom. The zero-order chi connectivity index (χ0) is 17.0. The van der Waals surface area contributed by atoms with Crippen LogP contribution >= 0.6 is 0 Å². The van der Waals surface area contributed by atoms with Crippen LogP contribution in [0.5, 0.6) is 0 Å². The summed E-state index contributed by atoms with van der Waals surface area (Å²) in [4.78, 5) is 0. The number of hydrazine groups is 1. The summed E-state index contributed by atoms with van der Waals surface area (Å²) < 4.78 is 0. The minimum atomic E-state index is -0.385. The van der Waals surface area contributed by atoms with Crippen molar-refractivity contribution in [3.8, 4) is 0 Å². The van der Waals surface area contributed by atoms with Gasteiger partial charge in [0.05, 0.1) is 0 Å². The molecule has 3 atom stereocenters. The fraction of sp³-hybridized carbons (Fsp3) is 1.00. The Morgan fingerprint density at radius 3 is 1.88 bits per heavy atom. The fourth-order valence-corrected chi connectivity index (χ4v) is 4.45. The maximum Gasteiger partial charge on any atom is 0.119 e. The number of hydrogen-bond donors (Lipinski definition) is 3. The van der Waals surface area contributed by atoms with Gasteiger partial charge in [0.25, 0.3) is 0 Å². The quantitative estimate of drug-likeness (QED) is 0.482. The predicted octanol–water partition coefficient (Wildman–Crippen LogP) is 5.29. The molecular formula is C21H42N2O. The van der Waals surface area contributed by atoms with Crippen LogP contribution in [0.25, 0.3) is 0 Å². The molecule has 2 saturated carbocycles. The van der Waals surface area contributed by atoms with E-state index < -0.39 is 0 Å². The van der Waals surface area contributed by atoms with E-state index in [-0.39, 0.29) is 6.23 Å². The van der Waals surface area contributed by atoms with Crippen LogP contribution in [-0.4, -0.2) is 17.4 Å². The second-order valence-electron chi connectivity index (χ2n) is 8.56. The second kappa shape index (κ2) is 12.3. The van der Waals surface area contributed by atoms with Crippen molar-refractivity contribution in [1.29, 1.82) is 0 Å². The third kappa shape index (κ3) is 8.31. The first kappa shape index (κ1) is 20.2. The summed E-state index contributed by atoms with van der Waals surface area (Å²) in [5.41, 5.74) is 6.78. The van der Waals surface area contributed by atoms with Gasteiger partial charge in [-0.2, -0.15) is 0 Å². The topological polar surface area (TPSA) is 44.3 Å². The molecule has 0 bridgehead atoms. The van der Waals surface area contributed by atoms with E-state index in [2.05, 4.69) is 17.8 Å². The molecular weight excluding hydrogens is 296 g/mol. The molecule has 0 aromatic rings. The number of hydrogen-bond acceptors (Lipinski definition) is 3. The van der Waals surface area contributed by atoms with Crippen LogP contribution < -0.4 is 10.9 Å². The van der Waals surface area contributed by atoms with Crippen molar-refractivity contribution in [2.75, 3.05) is 0 Å². The summed E-state index contributed by atoms with van der Waals surface area (Å²) in [5.74, 6) is 1.23. The van der Waals surface area contributed by atoms with Crippen LogP contribution in [0.15, 0.2) is 0 Å². The molecule has 3 unspecified atom stereocenters. The zero-order valence-corrected chi connectivity index (χ0v) is 16.1. The summed E-state index contributed by atoms with van der Waals surface area (Å²) in [6.45, 7) is 2.38. The van der Waals surface area contributed by atoms with Crippen LogP contribution in [0, 0.1) is 11.8 Å². The van der Waals surface area contributed by atoms with Gasteiger partial charge in [-0.1, -0.05) is 84.0 Å². The SMILES string of the molecule is CC1CCCCCCC(C(O)NNC2CCCCCCCC2)CC1. The maximum atomic E-state index is 10.7. The highest BCUT2D eigenvalue weighted by Crippen LogP contribution is 2.26. The number of aliphatic hydroxyl groups excluding tert-OH is 1. The molecule has 2 aliphatic carbocycles. The first-order chi connectivity index (χ1) is 11.8. The molecule has 0 spiro atoms. The van der Waals surface area contributed by atoms with Crippen LogP contribution in [-0.2, 0) is 0 Å². The standard InChI is InChI=1S/C21H42N2O/c1-18-12-8-6-7-9-13-19(17-16-18)21(24)23-22-20-14-10-4-2-3-5-11-15-20/h18-24H,2-17H2,1H3. The zero-order valence-electron chi connectivity index (χ0n) is 16.1. The molecule has 0 saturated heterocycles. The molecule has 0 amide bonds. The second-order valence-corrected chi connectivity index (χ2v) is 8.56. The molecule has 3 nitrogen and oxygen atoms in total. The van der Waals surface area contributed by atoms with Crippen molar-refractivity contribution in [3.05, 3.63) is 0 Å². The fourth-order valence-electron chi connectivity index (χ4n) is 4.45. The molecule has 142 valence electrons. The van der Waals surface area contributed by atoms with E-state index >= 15 is 0 Å². The van der Waals surface area contributed by atoms with E-state index in [9.17, 15) is 5.11 Å². The van der Waals surface area contributed by atoms with Gasteiger partial charge in [-0.3, -0.25) is 5.43 Å². The first-order valence-electron chi connectivity index (χ1n) is 10.9. The van der Waals surface area contributed by atoms with Crippen LogP contribution in [0.3, 0.4) is 0 Å². The lowest BCUT2D eigenvalue weighted by atomic mass is 9.87. The minimum absolute atomic E-state index is 0.385. The van der Waals surface area contributed by atoms with Crippen molar-refractivity contribution in [3.63, 3.8) is 0 Å². The summed E-state index contributed by atoms with van der Waals surface area (Å²) in [6.07, 6.45) is 20.7. The van der Waals surface area contributed by atoms with Crippen molar-refractivity contribution >= 4 is 0 Å². The van der Waals surface area contributed by atoms with E-state index in [1.807, 2.05) is 0 Å². The van der Waals surface area contributed by atoms with Gasteiger partial charge in [-0.25, -0.2) is 5.43 Å². The molecule has 0 heterocycles. The smallest absolute Gasteiger partial charge is 0.119 e. The molecule has 0 aliphatic heterocycles. The Kier molecular flexibility index (Phi) is 10.3. The molecule has 3 heteroatoms. The molecule has 0 radical (unpaired) electrons. The van der Waals surface area contributed by atoms with Gasteiger partial charge in [-0.05, 0) is 37.5 Å². The summed E-state index contributed by atoms with van der Waals surface area (Å²) in [6, 6.07) is 0.538. The van der Waals surface area contributed by atoms with Gasteiger partial charge in [0, 0.05) is 6.04 Å². The van der Waals surface area contributed by atoms with Gasteiger partial charge < -0.3 is 5.11 Å². The number of rotatable bonds is 4. The Morgan fingerprint density at radius 2 is 1.21 bits per heavy atom. The van der Waals surface area contributed by atoms with Gasteiger partial charge in [0.2, 0.25) is 0 Å². The molecule has 24 heavy (non-hydrogen) atoms. The maximum absolute atomic E-state index is 10.7. The summed E-state index contributed by atoms with van der Waals surface area (Å²) in [7, 11) is 0. The van der Waals surface area contributed by atoms with Crippen molar-refractivity contribution in [2.45, 2.75) is 122 Å². The Balaban J connectivity index is 1.74. The van der Waals surface area contributed by atoms with E-state index in [1.54, 1.807) is 0 Å². The molecule has 2 fully saturated rings. The Bertz CT molecular complexity index is 300. The van der Waals surface area contributed by atoms with Gasteiger partial charge in [-0.15, -0.1) is 0 Å². The van der Waals surface area contributed by atoms with E-state index in [0.29, 0.717) is 12.0 Å². The Hall–Kier alpha value is -0.120. The molecule has 2 aliphatic rings. The number of aliphatic hydroxyl groups is 1.